The molecule has 1 N–H and O–H groups in total. The molecule has 2 heterocycles. The molecule has 1 aromatic heterocycles. The molecule has 0 saturated heterocycles. The van der Waals surface area contributed by atoms with Gasteiger partial charge in [-0.1, -0.05) is 11.6 Å². The molecule has 1 atom stereocenters. The van der Waals surface area contributed by atoms with Crippen molar-refractivity contribution in [3.63, 3.8) is 0 Å². The minimum atomic E-state index is -0.168. The highest BCUT2D eigenvalue weighted by molar-refractivity contribution is 6.30. The molecule has 6 heteroatoms. The Hall–Kier alpha value is -2.01. The van der Waals surface area contributed by atoms with Crippen LogP contribution >= 0.6 is 11.6 Å². The van der Waals surface area contributed by atoms with Crippen LogP contribution in [0.4, 0.5) is 0 Å². The topological polar surface area (TPSA) is 56.2 Å². The Morgan fingerprint density at radius 2 is 2.43 bits per heavy atom. The van der Waals surface area contributed by atoms with E-state index in [9.17, 15) is 4.79 Å². The van der Waals surface area contributed by atoms with Crippen molar-refractivity contribution in [2.24, 2.45) is 5.92 Å². The Morgan fingerprint density at radius 1 is 1.52 bits per heavy atom. The second kappa shape index (κ2) is 6.18. The predicted molar refractivity (Wildman–Crippen MR) is 79.4 cm³/mol. The highest BCUT2D eigenvalue weighted by atomic mass is 35.5. The van der Waals surface area contributed by atoms with Gasteiger partial charge in [0.05, 0.1) is 12.2 Å². The van der Waals surface area contributed by atoms with Crippen molar-refractivity contribution in [2.45, 2.75) is 13.0 Å². The first kappa shape index (κ1) is 13.9. The molecule has 0 spiro atoms. The number of amides is 1. The van der Waals surface area contributed by atoms with Gasteiger partial charge in [-0.05, 0) is 30.2 Å². The van der Waals surface area contributed by atoms with E-state index in [0.29, 0.717) is 31.1 Å². The van der Waals surface area contributed by atoms with E-state index in [-0.39, 0.29) is 11.8 Å². The van der Waals surface area contributed by atoms with Crippen LogP contribution in [0.25, 0.3) is 0 Å². The number of carbonyl (C=O) groups is 1. The van der Waals surface area contributed by atoms with Crippen LogP contribution in [0.3, 0.4) is 0 Å². The van der Waals surface area contributed by atoms with Gasteiger partial charge in [-0.2, -0.15) is 0 Å². The lowest BCUT2D eigenvalue weighted by molar-refractivity contribution is -0.126. The van der Waals surface area contributed by atoms with Crippen LogP contribution in [0.15, 0.2) is 36.9 Å². The molecule has 0 bridgehead atoms. The standard InChI is InChI=1S/C15H16ClN3O2/c16-13-1-2-14-11(8-13)7-12(9-21-14)15(20)18-4-6-19-5-3-17-10-19/h1-3,5,8,10,12H,4,6-7,9H2,(H,18,20). The highest BCUT2D eigenvalue weighted by Crippen LogP contribution is 2.29. The molecule has 1 aliphatic heterocycles. The van der Waals surface area contributed by atoms with E-state index in [0.717, 1.165) is 11.3 Å². The fraction of sp³-hybridized carbons (Fsp3) is 0.333. The lowest BCUT2D eigenvalue weighted by Crippen LogP contribution is -2.38. The summed E-state index contributed by atoms with van der Waals surface area (Å²) in [6.07, 6.45) is 5.98. The predicted octanol–water partition coefficient (Wildman–Crippen LogP) is 1.90. The van der Waals surface area contributed by atoms with E-state index in [2.05, 4.69) is 10.3 Å². The zero-order chi connectivity index (χ0) is 14.7. The van der Waals surface area contributed by atoms with E-state index < -0.39 is 0 Å². The summed E-state index contributed by atoms with van der Waals surface area (Å²) in [4.78, 5) is 16.1. The molecule has 0 radical (unpaired) electrons. The van der Waals surface area contributed by atoms with E-state index in [1.54, 1.807) is 18.6 Å². The first-order valence-electron chi connectivity index (χ1n) is 6.87. The maximum absolute atomic E-state index is 12.2. The van der Waals surface area contributed by atoms with Gasteiger partial charge in [0.2, 0.25) is 5.91 Å². The van der Waals surface area contributed by atoms with Gasteiger partial charge in [-0.15, -0.1) is 0 Å². The monoisotopic (exact) mass is 305 g/mol. The third-order valence-corrected chi connectivity index (χ3v) is 3.76. The SMILES string of the molecule is O=C(NCCn1ccnc1)C1COc2ccc(Cl)cc2C1. The molecular weight excluding hydrogens is 290 g/mol. The number of fused-ring (bicyclic) bond motifs is 1. The van der Waals surface area contributed by atoms with Gasteiger partial charge in [-0.3, -0.25) is 4.79 Å². The number of nitrogens with one attached hydrogen (secondary N) is 1. The van der Waals surface area contributed by atoms with Gasteiger partial charge in [0.15, 0.2) is 0 Å². The van der Waals surface area contributed by atoms with Gasteiger partial charge in [0.1, 0.15) is 12.4 Å². The van der Waals surface area contributed by atoms with Crippen LogP contribution in [0.1, 0.15) is 5.56 Å². The number of rotatable bonds is 4. The van der Waals surface area contributed by atoms with Crippen molar-refractivity contribution in [3.05, 3.63) is 47.5 Å². The zero-order valence-corrected chi connectivity index (χ0v) is 12.2. The summed E-state index contributed by atoms with van der Waals surface area (Å²) in [7, 11) is 0. The Bertz CT molecular complexity index is 628. The Labute approximate surface area is 127 Å². The molecule has 110 valence electrons. The van der Waals surface area contributed by atoms with Gasteiger partial charge < -0.3 is 14.6 Å². The number of halogens is 1. The van der Waals surface area contributed by atoms with Crippen LogP contribution in [-0.2, 0) is 17.8 Å². The minimum absolute atomic E-state index is 0.0146. The molecule has 21 heavy (non-hydrogen) atoms. The summed E-state index contributed by atoms with van der Waals surface area (Å²) in [5.74, 6) is 0.668. The van der Waals surface area contributed by atoms with Crippen LogP contribution in [-0.4, -0.2) is 28.6 Å². The summed E-state index contributed by atoms with van der Waals surface area (Å²) in [6, 6.07) is 5.51. The fourth-order valence-electron chi connectivity index (χ4n) is 2.40. The molecule has 1 aliphatic rings. The van der Waals surface area contributed by atoms with E-state index in [1.807, 2.05) is 22.9 Å². The van der Waals surface area contributed by atoms with Crippen molar-refractivity contribution < 1.29 is 9.53 Å². The molecule has 5 nitrogen and oxygen atoms in total. The summed E-state index contributed by atoms with van der Waals surface area (Å²) < 4.78 is 7.55. The molecular formula is C15H16ClN3O2. The summed E-state index contributed by atoms with van der Waals surface area (Å²) in [5, 5.41) is 3.60. The third-order valence-electron chi connectivity index (χ3n) is 3.53. The number of hydrogen-bond acceptors (Lipinski definition) is 3. The first-order chi connectivity index (χ1) is 10.2. The number of ether oxygens (including phenoxy) is 1. The Balaban J connectivity index is 1.54. The van der Waals surface area contributed by atoms with E-state index in [4.69, 9.17) is 16.3 Å². The summed E-state index contributed by atoms with van der Waals surface area (Å²) in [6.45, 7) is 1.70. The fourth-order valence-corrected chi connectivity index (χ4v) is 2.60. The summed E-state index contributed by atoms with van der Waals surface area (Å²) in [5.41, 5.74) is 0.989. The molecule has 2 aromatic rings. The van der Waals surface area contributed by atoms with Crippen LogP contribution in [0, 0.1) is 5.92 Å². The van der Waals surface area contributed by atoms with Gasteiger partial charge in [0, 0.05) is 30.5 Å². The first-order valence-corrected chi connectivity index (χ1v) is 7.25. The van der Waals surface area contributed by atoms with Crippen LogP contribution in [0.2, 0.25) is 5.02 Å². The highest BCUT2D eigenvalue weighted by Gasteiger charge is 2.25. The van der Waals surface area contributed by atoms with Gasteiger partial charge >= 0.3 is 0 Å². The average Bonchev–Trinajstić information content (AvgIpc) is 2.99. The van der Waals surface area contributed by atoms with Crippen molar-refractivity contribution in [1.82, 2.24) is 14.9 Å². The number of benzene rings is 1. The van der Waals surface area contributed by atoms with E-state index >= 15 is 0 Å². The van der Waals surface area contributed by atoms with Crippen molar-refractivity contribution in [3.8, 4) is 5.75 Å². The zero-order valence-electron chi connectivity index (χ0n) is 11.5. The van der Waals surface area contributed by atoms with Crippen molar-refractivity contribution >= 4 is 17.5 Å². The molecule has 1 amide bonds. The maximum atomic E-state index is 12.2. The van der Waals surface area contributed by atoms with Crippen molar-refractivity contribution in [1.29, 1.82) is 0 Å². The second-order valence-corrected chi connectivity index (χ2v) is 5.49. The quantitative estimate of drug-likeness (QED) is 0.938. The van der Waals surface area contributed by atoms with Crippen LogP contribution in [0.5, 0.6) is 5.75 Å². The van der Waals surface area contributed by atoms with Crippen molar-refractivity contribution in [2.75, 3.05) is 13.2 Å². The third kappa shape index (κ3) is 3.36. The van der Waals surface area contributed by atoms with Crippen LogP contribution < -0.4 is 10.1 Å². The number of aromatic nitrogens is 2. The Morgan fingerprint density at radius 3 is 3.24 bits per heavy atom. The lowest BCUT2D eigenvalue weighted by Gasteiger charge is -2.24. The minimum Gasteiger partial charge on any atom is -0.492 e. The lowest BCUT2D eigenvalue weighted by atomic mass is 9.96. The number of hydrogen-bond donors (Lipinski definition) is 1. The molecule has 1 aromatic carbocycles. The molecule has 0 saturated carbocycles. The number of nitrogens with zero attached hydrogens (tertiary/aromatic N) is 2. The second-order valence-electron chi connectivity index (χ2n) is 5.06. The Kier molecular flexibility index (Phi) is 4.10. The largest absolute Gasteiger partial charge is 0.492 e. The molecule has 0 aliphatic carbocycles. The average molecular weight is 306 g/mol. The van der Waals surface area contributed by atoms with Gasteiger partial charge in [0.25, 0.3) is 0 Å². The molecule has 1 unspecified atom stereocenters. The summed E-state index contributed by atoms with van der Waals surface area (Å²) >= 11 is 5.98. The normalized spacial score (nSPS) is 16.9. The molecule has 0 fully saturated rings. The van der Waals surface area contributed by atoms with Gasteiger partial charge in [-0.25, -0.2) is 4.98 Å². The molecule has 3 rings (SSSR count). The number of imidazole rings is 1. The number of carbonyl (C=O) groups excluding carboxylic acids is 1. The van der Waals surface area contributed by atoms with E-state index in [1.165, 1.54) is 0 Å². The maximum Gasteiger partial charge on any atom is 0.226 e. The smallest absolute Gasteiger partial charge is 0.226 e.